The van der Waals surface area contributed by atoms with Crippen LogP contribution < -0.4 is 5.32 Å². The van der Waals surface area contributed by atoms with Crippen molar-refractivity contribution in [1.29, 1.82) is 0 Å². The van der Waals surface area contributed by atoms with E-state index in [1.165, 1.54) is 19.3 Å². The molecule has 0 spiro atoms. The van der Waals surface area contributed by atoms with E-state index in [-0.39, 0.29) is 18.6 Å². The SMILES string of the molecule is O=C(COC(c1ccccc1)c1ccccc1)NC1CCCCC1. The zero-order valence-corrected chi connectivity index (χ0v) is 14.0. The van der Waals surface area contributed by atoms with Crippen molar-refractivity contribution in [3.05, 3.63) is 71.8 Å². The number of amides is 1. The van der Waals surface area contributed by atoms with E-state index in [9.17, 15) is 4.79 Å². The minimum Gasteiger partial charge on any atom is -0.359 e. The van der Waals surface area contributed by atoms with Crippen LogP contribution in [0.15, 0.2) is 60.7 Å². The molecule has 3 rings (SSSR count). The van der Waals surface area contributed by atoms with Gasteiger partial charge in [0, 0.05) is 6.04 Å². The fourth-order valence-electron chi connectivity index (χ4n) is 3.32. The molecule has 2 aromatic rings. The summed E-state index contributed by atoms with van der Waals surface area (Å²) in [4.78, 5) is 12.2. The number of carbonyl (C=O) groups is 1. The smallest absolute Gasteiger partial charge is 0.246 e. The zero-order valence-electron chi connectivity index (χ0n) is 14.0. The lowest BCUT2D eigenvalue weighted by Crippen LogP contribution is -2.38. The van der Waals surface area contributed by atoms with Gasteiger partial charge >= 0.3 is 0 Å². The van der Waals surface area contributed by atoms with Gasteiger partial charge in [-0.3, -0.25) is 4.79 Å². The van der Waals surface area contributed by atoms with Gasteiger partial charge in [-0.25, -0.2) is 0 Å². The van der Waals surface area contributed by atoms with Crippen LogP contribution in [0.2, 0.25) is 0 Å². The van der Waals surface area contributed by atoms with Crippen LogP contribution in [0.1, 0.15) is 49.3 Å². The summed E-state index contributed by atoms with van der Waals surface area (Å²) in [5.41, 5.74) is 2.13. The fourth-order valence-corrected chi connectivity index (χ4v) is 3.32. The summed E-state index contributed by atoms with van der Waals surface area (Å²) in [6, 6.07) is 20.4. The molecule has 1 N–H and O–H groups in total. The molecule has 0 aliphatic heterocycles. The molecule has 0 saturated heterocycles. The lowest BCUT2D eigenvalue weighted by Gasteiger charge is -2.24. The first-order valence-electron chi connectivity index (χ1n) is 8.84. The summed E-state index contributed by atoms with van der Waals surface area (Å²) in [5.74, 6) is -0.0150. The van der Waals surface area contributed by atoms with Crippen LogP contribution in [0.5, 0.6) is 0 Å². The predicted octanol–water partition coefficient (Wildman–Crippen LogP) is 4.24. The monoisotopic (exact) mass is 323 g/mol. The Balaban J connectivity index is 1.63. The van der Waals surface area contributed by atoms with Crippen molar-refractivity contribution in [2.24, 2.45) is 0 Å². The Hall–Kier alpha value is -2.13. The van der Waals surface area contributed by atoms with E-state index in [2.05, 4.69) is 5.32 Å². The van der Waals surface area contributed by atoms with Gasteiger partial charge in [0.2, 0.25) is 5.91 Å². The molecule has 0 heterocycles. The largest absolute Gasteiger partial charge is 0.359 e. The van der Waals surface area contributed by atoms with Crippen LogP contribution in [0.4, 0.5) is 0 Å². The van der Waals surface area contributed by atoms with Gasteiger partial charge in [-0.15, -0.1) is 0 Å². The van der Waals surface area contributed by atoms with Gasteiger partial charge in [-0.1, -0.05) is 79.9 Å². The maximum Gasteiger partial charge on any atom is 0.246 e. The van der Waals surface area contributed by atoms with Crippen molar-refractivity contribution in [3.8, 4) is 0 Å². The van der Waals surface area contributed by atoms with Crippen LogP contribution in [-0.2, 0) is 9.53 Å². The van der Waals surface area contributed by atoms with Crippen molar-refractivity contribution in [3.63, 3.8) is 0 Å². The van der Waals surface area contributed by atoms with Gasteiger partial charge in [0.15, 0.2) is 0 Å². The van der Waals surface area contributed by atoms with Gasteiger partial charge in [0.25, 0.3) is 0 Å². The Morgan fingerprint density at radius 1 is 0.917 bits per heavy atom. The van der Waals surface area contributed by atoms with E-state index in [4.69, 9.17) is 4.74 Å². The number of nitrogens with one attached hydrogen (secondary N) is 1. The Bertz CT molecular complexity index is 581. The van der Waals surface area contributed by atoms with Gasteiger partial charge in [-0.05, 0) is 24.0 Å². The molecule has 1 amide bonds. The molecular weight excluding hydrogens is 298 g/mol. The topological polar surface area (TPSA) is 38.3 Å². The van der Waals surface area contributed by atoms with E-state index >= 15 is 0 Å². The highest BCUT2D eigenvalue weighted by atomic mass is 16.5. The Kier molecular flexibility index (Phi) is 6.02. The normalized spacial score (nSPS) is 15.4. The van der Waals surface area contributed by atoms with Crippen molar-refractivity contribution in [2.45, 2.75) is 44.2 Å². The van der Waals surface area contributed by atoms with Crippen LogP contribution in [0.25, 0.3) is 0 Å². The maximum atomic E-state index is 12.2. The molecule has 2 aromatic carbocycles. The molecule has 0 unspecified atom stereocenters. The third kappa shape index (κ3) is 4.68. The van der Waals surface area contributed by atoms with Crippen molar-refractivity contribution in [2.75, 3.05) is 6.61 Å². The number of carbonyl (C=O) groups excluding carboxylic acids is 1. The molecule has 3 heteroatoms. The molecular formula is C21H25NO2. The molecule has 0 atom stereocenters. The quantitative estimate of drug-likeness (QED) is 0.863. The molecule has 1 fully saturated rings. The third-order valence-corrected chi connectivity index (χ3v) is 4.56. The Labute approximate surface area is 144 Å². The van der Waals surface area contributed by atoms with E-state index in [0.717, 1.165) is 24.0 Å². The number of benzene rings is 2. The lowest BCUT2D eigenvalue weighted by atomic mass is 9.95. The molecule has 3 nitrogen and oxygen atoms in total. The highest BCUT2D eigenvalue weighted by Gasteiger charge is 2.19. The molecule has 126 valence electrons. The average Bonchev–Trinajstić information content (AvgIpc) is 2.64. The maximum absolute atomic E-state index is 12.2. The van der Waals surface area contributed by atoms with E-state index in [1.807, 2.05) is 60.7 Å². The van der Waals surface area contributed by atoms with Crippen LogP contribution in [0.3, 0.4) is 0 Å². The molecule has 0 aromatic heterocycles. The summed E-state index contributed by atoms with van der Waals surface area (Å²) in [6.45, 7) is 0.0882. The molecule has 24 heavy (non-hydrogen) atoms. The highest BCUT2D eigenvalue weighted by Crippen LogP contribution is 2.25. The Morgan fingerprint density at radius 3 is 2.00 bits per heavy atom. The molecule has 1 aliphatic carbocycles. The minimum atomic E-state index is -0.218. The fraction of sp³-hybridized carbons (Fsp3) is 0.381. The molecule has 1 aliphatic rings. The number of ether oxygens (including phenoxy) is 1. The van der Waals surface area contributed by atoms with E-state index in [1.54, 1.807) is 0 Å². The van der Waals surface area contributed by atoms with Crippen molar-refractivity contribution < 1.29 is 9.53 Å². The summed E-state index contributed by atoms with van der Waals surface area (Å²) < 4.78 is 6.01. The third-order valence-electron chi connectivity index (χ3n) is 4.56. The average molecular weight is 323 g/mol. The van der Waals surface area contributed by atoms with Gasteiger partial charge in [0.1, 0.15) is 12.7 Å². The van der Waals surface area contributed by atoms with Gasteiger partial charge < -0.3 is 10.1 Å². The first-order valence-corrected chi connectivity index (χ1v) is 8.84. The van der Waals surface area contributed by atoms with Crippen LogP contribution >= 0.6 is 0 Å². The molecule has 0 bridgehead atoms. The summed E-state index contributed by atoms with van der Waals surface area (Å²) in [5, 5.41) is 3.11. The van der Waals surface area contributed by atoms with Gasteiger partial charge in [-0.2, -0.15) is 0 Å². The second-order valence-electron chi connectivity index (χ2n) is 6.41. The second kappa shape index (κ2) is 8.65. The highest BCUT2D eigenvalue weighted by molar-refractivity contribution is 5.77. The summed E-state index contributed by atoms with van der Waals surface area (Å²) in [6.07, 6.45) is 5.67. The first-order chi connectivity index (χ1) is 11.8. The minimum absolute atomic E-state index is 0.0150. The molecule has 1 saturated carbocycles. The Morgan fingerprint density at radius 2 is 1.46 bits per heavy atom. The number of hydrogen-bond acceptors (Lipinski definition) is 2. The van der Waals surface area contributed by atoms with E-state index < -0.39 is 0 Å². The summed E-state index contributed by atoms with van der Waals surface area (Å²) in [7, 11) is 0. The second-order valence-corrected chi connectivity index (χ2v) is 6.41. The lowest BCUT2D eigenvalue weighted by molar-refractivity contribution is -0.128. The zero-order chi connectivity index (χ0) is 16.6. The van der Waals surface area contributed by atoms with Crippen LogP contribution in [-0.4, -0.2) is 18.6 Å². The number of hydrogen-bond donors (Lipinski definition) is 1. The summed E-state index contributed by atoms with van der Waals surface area (Å²) >= 11 is 0. The predicted molar refractivity (Wildman–Crippen MR) is 95.7 cm³/mol. The van der Waals surface area contributed by atoms with Crippen LogP contribution in [0, 0.1) is 0 Å². The first kappa shape index (κ1) is 16.7. The standard InChI is InChI=1S/C21H25NO2/c23-20(22-19-14-8-3-9-15-19)16-24-21(17-10-4-1-5-11-17)18-12-6-2-7-13-18/h1-2,4-7,10-13,19,21H,3,8-9,14-16H2,(H,22,23). The van der Waals surface area contributed by atoms with Crippen molar-refractivity contribution >= 4 is 5.91 Å². The van der Waals surface area contributed by atoms with Gasteiger partial charge in [0.05, 0.1) is 0 Å². The number of rotatable bonds is 6. The molecule has 0 radical (unpaired) electrons. The van der Waals surface area contributed by atoms with E-state index in [0.29, 0.717) is 6.04 Å². The van der Waals surface area contributed by atoms with Crippen molar-refractivity contribution in [1.82, 2.24) is 5.32 Å².